The van der Waals surface area contributed by atoms with Gasteiger partial charge < -0.3 is 0 Å². The number of hydrogen-bond donors (Lipinski definition) is 1. The van der Waals surface area contributed by atoms with Crippen molar-refractivity contribution in [1.82, 2.24) is 0 Å². The fourth-order valence-corrected chi connectivity index (χ4v) is 0.836. The molecule has 0 bridgehead atoms. The van der Waals surface area contributed by atoms with E-state index in [0.29, 0.717) is 0 Å². The largest absolute Gasteiger partial charge is 0.443 e. The molecule has 48 valence electrons. The topological polar surface area (TPSA) is 41.2 Å². The molecule has 0 aliphatic rings. The summed E-state index contributed by atoms with van der Waals surface area (Å²) in [5, 5.41) is 0. The zero-order valence-electron chi connectivity index (χ0n) is 4.60. The van der Waals surface area contributed by atoms with Crippen LogP contribution in [0, 0.1) is 0 Å². The first-order valence-electron chi connectivity index (χ1n) is 2.38. The van der Waals surface area contributed by atoms with Crippen molar-refractivity contribution in [2.75, 3.05) is 0 Å². The number of pyridine rings is 1. The van der Waals surface area contributed by atoms with Gasteiger partial charge in [-0.15, -0.1) is 0 Å². The Morgan fingerprint density at radius 3 is 2.11 bits per heavy atom. The summed E-state index contributed by atoms with van der Waals surface area (Å²) < 4.78 is 19.9. The molecule has 0 aromatic carbocycles. The Kier molecular flexibility index (Phi) is 1.92. The molecule has 0 amide bonds. The number of nitrogens with zero attached hydrogens (tertiary/aromatic N) is 1. The Balaban J connectivity index is 2.98. The van der Waals surface area contributed by atoms with Gasteiger partial charge in [-0.25, -0.2) is 0 Å². The second kappa shape index (κ2) is 2.70. The summed E-state index contributed by atoms with van der Waals surface area (Å²) in [6.45, 7) is 0. The second-order valence-corrected chi connectivity index (χ2v) is 2.35. The molecule has 1 N–H and O–H groups in total. The molecule has 1 aromatic rings. The molecule has 0 fully saturated rings. The van der Waals surface area contributed by atoms with Gasteiger partial charge in [-0.1, -0.05) is 10.0 Å². The summed E-state index contributed by atoms with van der Waals surface area (Å²) in [5.41, 5.74) is 0. The van der Waals surface area contributed by atoms with E-state index in [4.69, 9.17) is 4.55 Å². The molecule has 1 heterocycles. The number of rotatable bonds is 1. The van der Waals surface area contributed by atoms with Crippen LogP contribution in [0.4, 0.5) is 0 Å². The van der Waals surface area contributed by atoms with Crippen LogP contribution in [0.3, 0.4) is 0 Å². The van der Waals surface area contributed by atoms with Crippen molar-refractivity contribution >= 4 is 11.3 Å². The maximum atomic E-state index is 10.3. The molecule has 9 heavy (non-hydrogen) atoms. The van der Waals surface area contributed by atoms with Gasteiger partial charge in [0.15, 0.2) is 12.4 Å². The summed E-state index contributed by atoms with van der Waals surface area (Å²) >= 11 is -1.91. The van der Waals surface area contributed by atoms with E-state index < -0.39 is 11.3 Å². The summed E-state index contributed by atoms with van der Waals surface area (Å²) in [7, 11) is 0. The molecular weight excluding hydrogens is 138 g/mol. The van der Waals surface area contributed by atoms with E-state index in [-0.39, 0.29) is 0 Å². The Labute approximate surface area is 55.4 Å². The maximum Gasteiger partial charge on any atom is 0.443 e. The molecule has 1 atom stereocenters. The van der Waals surface area contributed by atoms with Crippen LogP contribution >= 0.6 is 0 Å². The Hall–Kier alpha value is -0.740. The summed E-state index contributed by atoms with van der Waals surface area (Å²) in [6.07, 6.45) is 3.05. The van der Waals surface area contributed by atoms with Crippen molar-refractivity contribution in [3.8, 4) is 0 Å². The van der Waals surface area contributed by atoms with Crippen LogP contribution in [0.15, 0.2) is 30.6 Å². The van der Waals surface area contributed by atoms with E-state index in [1.165, 1.54) is 16.4 Å². The Morgan fingerprint density at radius 1 is 1.22 bits per heavy atom. The molecule has 1 aromatic heterocycles. The molecule has 1 unspecified atom stereocenters. The highest BCUT2D eigenvalue weighted by atomic mass is 32.2. The average molecular weight is 144 g/mol. The van der Waals surface area contributed by atoms with Crippen molar-refractivity contribution < 1.29 is 12.7 Å². The zero-order chi connectivity index (χ0) is 6.69. The van der Waals surface area contributed by atoms with E-state index >= 15 is 0 Å². The van der Waals surface area contributed by atoms with Crippen LogP contribution in [0.25, 0.3) is 0 Å². The van der Waals surface area contributed by atoms with Crippen LogP contribution < -0.4 is 3.97 Å². The number of hydrogen-bond acceptors (Lipinski definition) is 1. The lowest BCUT2D eigenvalue weighted by Crippen LogP contribution is -2.35. The quantitative estimate of drug-likeness (QED) is 0.444. The third-order valence-corrected chi connectivity index (χ3v) is 1.47. The molecule has 1 rings (SSSR count). The molecule has 0 radical (unpaired) electrons. The summed E-state index contributed by atoms with van der Waals surface area (Å²) in [4.78, 5) is 0. The highest BCUT2D eigenvalue weighted by Crippen LogP contribution is 1.75. The van der Waals surface area contributed by atoms with Gasteiger partial charge in [0.1, 0.15) is 0 Å². The first-order chi connectivity index (χ1) is 4.30. The van der Waals surface area contributed by atoms with Crippen LogP contribution in [-0.4, -0.2) is 8.76 Å². The van der Waals surface area contributed by atoms with Crippen LogP contribution in [-0.2, 0) is 11.3 Å². The van der Waals surface area contributed by atoms with Crippen LogP contribution in [0.5, 0.6) is 0 Å². The van der Waals surface area contributed by atoms with E-state index in [9.17, 15) is 4.21 Å². The first kappa shape index (κ1) is 6.38. The van der Waals surface area contributed by atoms with E-state index in [0.717, 1.165) is 0 Å². The van der Waals surface area contributed by atoms with Gasteiger partial charge in [0, 0.05) is 12.1 Å². The van der Waals surface area contributed by atoms with E-state index in [2.05, 4.69) is 0 Å². The normalized spacial score (nSPS) is 13.0. The van der Waals surface area contributed by atoms with E-state index in [1.54, 1.807) is 18.2 Å². The second-order valence-electron chi connectivity index (χ2n) is 1.47. The molecule has 0 aliphatic heterocycles. The van der Waals surface area contributed by atoms with E-state index in [1.807, 2.05) is 0 Å². The highest BCUT2D eigenvalue weighted by Gasteiger charge is 2.02. The Morgan fingerprint density at radius 2 is 1.78 bits per heavy atom. The summed E-state index contributed by atoms with van der Waals surface area (Å²) in [6, 6.07) is 5.16. The lowest BCUT2D eigenvalue weighted by Gasteiger charge is -1.81. The SMILES string of the molecule is O=S(O)[n+]1ccccc1. The van der Waals surface area contributed by atoms with Gasteiger partial charge in [0.2, 0.25) is 0 Å². The molecular formula is C5H6NO2S+. The first-order valence-corrected chi connectivity index (χ1v) is 3.45. The lowest BCUT2D eigenvalue weighted by atomic mass is 10.5. The minimum Gasteiger partial charge on any atom is -0.252 e. The highest BCUT2D eigenvalue weighted by molar-refractivity contribution is 7.72. The van der Waals surface area contributed by atoms with Crippen molar-refractivity contribution in [3.05, 3.63) is 30.6 Å². The predicted molar refractivity (Wildman–Crippen MR) is 32.8 cm³/mol. The molecule has 4 heteroatoms. The van der Waals surface area contributed by atoms with Crippen LogP contribution in [0.2, 0.25) is 0 Å². The van der Waals surface area contributed by atoms with Crippen molar-refractivity contribution in [3.63, 3.8) is 0 Å². The molecule has 0 aliphatic carbocycles. The fourth-order valence-electron chi connectivity index (χ4n) is 0.487. The third-order valence-electron chi connectivity index (χ3n) is 0.869. The lowest BCUT2D eigenvalue weighted by molar-refractivity contribution is -0.511. The van der Waals surface area contributed by atoms with Gasteiger partial charge in [0.25, 0.3) is 0 Å². The third kappa shape index (κ3) is 1.58. The fraction of sp³-hybridized carbons (Fsp3) is 0. The minimum absolute atomic E-state index is 1.19. The van der Waals surface area contributed by atoms with Gasteiger partial charge in [-0.2, -0.15) is 4.21 Å². The number of aromatic nitrogens is 1. The average Bonchev–Trinajstić information content (AvgIpc) is 1.90. The predicted octanol–water partition coefficient (Wildman–Crippen LogP) is -0.0411. The maximum absolute atomic E-state index is 10.3. The molecule has 0 saturated heterocycles. The zero-order valence-corrected chi connectivity index (χ0v) is 5.41. The van der Waals surface area contributed by atoms with Crippen molar-refractivity contribution in [2.45, 2.75) is 0 Å². The van der Waals surface area contributed by atoms with Gasteiger partial charge in [-0.05, 0) is 0 Å². The summed E-state index contributed by atoms with van der Waals surface area (Å²) in [5.74, 6) is 0. The van der Waals surface area contributed by atoms with Crippen molar-refractivity contribution in [2.24, 2.45) is 0 Å². The molecule has 0 saturated carbocycles. The minimum atomic E-state index is -1.91. The van der Waals surface area contributed by atoms with Gasteiger partial charge in [-0.3, -0.25) is 4.55 Å². The smallest absolute Gasteiger partial charge is 0.252 e. The Bertz CT molecular complexity index is 211. The molecule has 3 nitrogen and oxygen atoms in total. The van der Waals surface area contributed by atoms with Gasteiger partial charge in [0.05, 0.1) is 0 Å². The monoisotopic (exact) mass is 144 g/mol. The van der Waals surface area contributed by atoms with Crippen LogP contribution in [0.1, 0.15) is 0 Å². The molecule has 0 spiro atoms. The standard InChI is InChI=1S/C5H5NO2S/c7-9(8)6-4-2-1-3-5-6/h1-5H/p+1. The van der Waals surface area contributed by atoms with Gasteiger partial charge >= 0.3 is 11.3 Å². The van der Waals surface area contributed by atoms with Crippen molar-refractivity contribution in [1.29, 1.82) is 0 Å².